The van der Waals surface area contributed by atoms with Crippen molar-refractivity contribution in [3.63, 3.8) is 0 Å². The first kappa shape index (κ1) is 15.6. The lowest BCUT2D eigenvalue weighted by atomic mass is 10.1. The van der Waals surface area contributed by atoms with Crippen molar-refractivity contribution in [2.75, 3.05) is 24.3 Å². The zero-order chi connectivity index (χ0) is 15.6. The molecule has 0 aliphatic carbocycles. The summed E-state index contributed by atoms with van der Waals surface area (Å²) >= 11 is 6.19. The average Bonchev–Trinajstić information content (AvgIpc) is 2.41. The largest absolute Gasteiger partial charge is 0.378 e. The Morgan fingerprint density at radius 3 is 2.43 bits per heavy atom. The van der Waals surface area contributed by atoms with Crippen molar-refractivity contribution in [2.45, 2.75) is 13.0 Å². The second-order valence-electron chi connectivity index (χ2n) is 5.09. The zero-order valence-corrected chi connectivity index (χ0v) is 12.9. The summed E-state index contributed by atoms with van der Waals surface area (Å²) in [6.07, 6.45) is 0. The molecule has 2 rings (SSSR count). The third kappa shape index (κ3) is 3.64. The second kappa shape index (κ2) is 6.31. The van der Waals surface area contributed by atoms with Crippen LogP contribution >= 0.6 is 11.6 Å². The maximum Gasteiger partial charge on any atom is 0.128 e. The van der Waals surface area contributed by atoms with Crippen LogP contribution in [0.3, 0.4) is 0 Å². The van der Waals surface area contributed by atoms with Gasteiger partial charge in [0.15, 0.2) is 0 Å². The van der Waals surface area contributed by atoms with E-state index in [0.29, 0.717) is 5.02 Å². The van der Waals surface area contributed by atoms with Crippen molar-refractivity contribution in [2.24, 2.45) is 0 Å². The number of halogens is 3. The highest BCUT2D eigenvalue weighted by Gasteiger charge is 2.13. The molecule has 0 aromatic heterocycles. The molecule has 1 unspecified atom stereocenters. The summed E-state index contributed by atoms with van der Waals surface area (Å²) < 4.78 is 27.0. The molecule has 0 fully saturated rings. The van der Waals surface area contributed by atoms with Crippen molar-refractivity contribution >= 4 is 23.0 Å². The van der Waals surface area contributed by atoms with Crippen LogP contribution in [0, 0.1) is 11.6 Å². The van der Waals surface area contributed by atoms with Crippen LogP contribution in [-0.2, 0) is 0 Å². The molecule has 21 heavy (non-hydrogen) atoms. The first-order chi connectivity index (χ1) is 9.88. The van der Waals surface area contributed by atoms with Crippen LogP contribution in [0.25, 0.3) is 0 Å². The van der Waals surface area contributed by atoms with Gasteiger partial charge in [0.05, 0.1) is 16.8 Å². The molecule has 1 atom stereocenters. The standard InChI is InChI=1S/C16H17ClF2N2/c1-10(13-8-11(18)4-6-15(13)19)20-12-5-7-16(21(2)3)14(17)9-12/h4-10,20H,1-3H3. The van der Waals surface area contributed by atoms with Crippen LogP contribution in [-0.4, -0.2) is 14.1 Å². The molecule has 0 radical (unpaired) electrons. The highest BCUT2D eigenvalue weighted by atomic mass is 35.5. The zero-order valence-electron chi connectivity index (χ0n) is 12.1. The van der Waals surface area contributed by atoms with E-state index in [0.717, 1.165) is 23.5 Å². The first-order valence-electron chi connectivity index (χ1n) is 6.57. The maximum atomic E-state index is 13.7. The molecule has 0 bridgehead atoms. The minimum Gasteiger partial charge on any atom is -0.378 e. The van der Waals surface area contributed by atoms with E-state index >= 15 is 0 Å². The van der Waals surface area contributed by atoms with Crippen LogP contribution in [0.2, 0.25) is 5.02 Å². The van der Waals surface area contributed by atoms with E-state index in [9.17, 15) is 8.78 Å². The molecule has 0 aliphatic rings. The van der Waals surface area contributed by atoms with Gasteiger partial charge in [0.25, 0.3) is 0 Å². The number of anilines is 2. The summed E-state index contributed by atoms with van der Waals surface area (Å²) in [5.41, 5.74) is 1.93. The van der Waals surface area contributed by atoms with E-state index in [-0.39, 0.29) is 11.6 Å². The third-order valence-corrected chi connectivity index (χ3v) is 3.54. The van der Waals surface area contributed by atoms with Crippen LogP contribution in [0.15, 0.2) is 36.4 Å². The fourth-order valence-corrected chi connectivity index (χ4v) is 2.48. The Balaban J connectivity index is 2.21. The van der Waals surface area contributed by atoms with Gasteiger partial charge in [-0.25, -0.2) is 8.78 Å². The normalized spacial score (nSPS) is 12.1. The first-order valence-corrected chi connectivity index (χ1v) is 6.94. The van der Waals surface area contributed by atoms with E-state index in [1.807, 2.05) is 31.1 Å². The Hall–Kier alpha value is -1.81. The van der Waals surface area contributed by atoms with E-state index in [1.165, 1.54) is 6.07 Å². The number of nitrogens with one attached hydrogen (secondary N) is 1. The molecule has 0 saturated heterocycles. The summed E-state index contributed by atoms with van der Waals surface area (Å²) in [6, 6.07) is 8.56. The van der Waals surface area contributed by atoms with Gasteiger partial charge in [-0.2, -0.15) is 0 Å². The molecule has 2 aromatic carbocycles. The molecular weight excluding hydrogens is 294 g/mol. The topological polar surface area (TPSA) is 15.3 Å². The molecule has 112 valence electrons. The number of benzene rings is 2. The Bertz CT molecular complexity index is 644. The lowest BCUT2D eigenvalue weighted by Gasteiger charge is -2.19. The van der Waals surface area contributed by atoms with E-state index < -0.39 is 11.6 Å². The van der Waals surface area contributed by atoms with Gasteiger partial charge in [0.1, 0.15) is 11.6 Å². The molecule has 1 N–H and O–H groups in total. The highest BCUT2D eigenvalue weighted by Crippen LogP contribution is 2.29. The molecule has 2 aromatic rings. The summed E-state index contributed by atoms with van der Waals surface area (Å²) in [7, 11) is 3.80. The summed E-state index contributed by atoms with van der Waals surface area (Å²) in [4.78, 5) is 1.90. The minimum atomic E-state index is -0.457. The monoisotopic (exact) mass is 310 g/mol. The molecule has 5 heteroatoms. The fourth-order valence-electron chi connectivity index (χ4n) is 2.13. The van der Waals surface area contributed by atoms with Gasteiger partial charge in [-0.15, -0.1) is 0 Å². The van der Waals surface area contributed by atoms with E-state index in [4.69, 9.17) is 11.6 Å². The van der Waals surface area contributed by atoms with Gasteiger partial charge in [0, 0.05) is 25.3 Å². The Kier molecular flexibility index (Phi) is 4.68. The van der Waals surface area contributed by atoms with Gasteiger partial charge in [-0.1, -0.05) is 11.6 Å². The van der Waals surface area contributed by atoms with Crippen molar-refractivity contribution in [3.8, 4) is 0 Å². The summed E-state index contributed by atoms with van der Waals surface area (Å²) in [6.45, 7) is 1.77. The Morgan fingerprint density at radius 1 is 1.10 bits per heavy atom. The molecule has 0 heterocycles. The number of hydrogen-bond donors (Lipinski definition) is 1. The molecule has 2 nitrogen and oxygen atoms in total. The summed E-state index contributed by atoms with van der Waals surface area (Å²) in [5.74, 6) is -0.895. The van der Waals surface area contributed by atoms with Gasteiger partial charge in [-0.05, 0) is 43.3 Å². The minimum absolute atomic E-state index is 0.280. The van der Waals surface area contributed by atoms with E-state index in [1.54, 1.807) is 13.0 Å². The van der Waals surface area contributed by atoms with Crippen LogP contribution in [0.5, 0.6) is 0 Å². The van der Waals surface area contributed by atoms with Gasteiger partial charge < -0.3 is 10.2 Å². The quantitative estimate of drug-likeness (QED) is 0.867. The SMILES string of the molecule is CC(Nc1ccc(N(C)C)c(Cl)c1)c1cc(F)ccc1F. The van der Waals surface area contributed by atoms with Crippen LogP contribution < -0.4 is 10.2 Å². The summed E-state index contributed by atoms with van der Waals surface area (Å²) in [5, 5.41) is 3.72. The van der Waals surface area contributed by atoms with Crippen molar-refractivity contribution in [3.05, 3.63) is 58.6 Å². The number of nitrogens with zero attached hydrogens (tertiary/aromatic N) is 1. The lowest BCUT2D eigenvalue weighted by Crippen LogP contribution is -2.11. The fraction of sp³-hybridized carbons (Fsp3) is 0.250. The smallest absolute Gasteiger partial charge is 0.128 e. The maximum absolute atomic E-state index is 13.7. The number of rotatable bonds is 4. The molecule has 0 saturated carbocycles. The highest BCUT2D eigenvalue weighted by molar-refractivity contribution is 6.33. The molecular formula is C16H17ClF2N2. The van der Waals surface area contributed by atoms with Crippen molar-refractivity contribution < 1.29 is 8.78 Å². The molecule has 0 spiro atoms. The van der Waals surface area contributed by atoms with Crippen LogP contribution in [0.1, 0.15) is 18.5 Å². The molecule has 0 amide bonds. The second-order valence-corrected chi connectivity index (χ2v) is 5.50. The Labute approximate surface area is 128 Å². The van der Waals surface area contributed by atoms with E-state index in [2.05, 4.69) is 5.32 Å². The van der Waals surface area contributed by atoms with Gasteiger partial charge in [0.2, 0.25) is 0 Å². The molecule has 0 aliphatic heterocycles. The third-order valence-electron chi connectivity index (χ3n) is 3.24. The van der Waals surface area contributed by atoms with Gasteiger partial charge >= 0.3 is 0 Å². The van der Waals surface area contributed by atoms with Gasteiger partial charge in [-0.3, -0.25) is 0 Å². The van der Waals surface area contributed by atoms with Crippen LogP contribution in [0.4, 0.5) is 20.2 Å². The predicted molar refractivity (Wildman–Crippen MR) is 84.2 cm³/mol. The Morgan fingerprint density at radius 2 is 1.81 bits per heavy atom. The van der Waals surface area contributed by atoms with Crippen molar-refractivity contribution in [1.82, 2.24) is 0 Å². The predicted octanol–water partition coefficient (Wildman–Crippen LogP) is 4.86. The number of hydrogen-bond acceptors (Lipinski definition) is 2. The lowest BCUT2D eigenvalue weighted by molar-refractivity contribution is 0.577. The van der Waals surface area contributed by atoms with Crippen molar-refractivity contribution in [1.29, 1.82) is 0 Å². The average molecular weight is 311 g/mol.